The second kappa shape index (κ2) is 7.99. The van der Waals surface area contributed by atoms with Gasteiger partial charge in [-0.25, -0.2) is 9.37 Å². The summed E-state index contributed by atoms with van der Waals surface area (Å²) in [7, 11) is 1.67. The molecule has 0 aliphatic rings. The minimum absolute atomic E-state index is 0.221. The first-order chi connectivity index (χ1) is 9.81. The largest absolute Gasteiger partial charge is 0.383 e. The number of hydrogen-bond donors (Lipinski definition) is 1. The number of halogens is 1. The van der Waals surface area contributed by atoms with Gasteiger partial charge in [-0.1, -0.05) is 30.0 Å². The summed E-state index contributed by atoms with van der Waals surface area (Å²) in [6.45, 7) is 2.12. The van der Waals surface area contributed by atoms with Crippen molar-refractivity contribution in [2.75, 3.05) is 20.3 Å². The molecule has 0 fully saturated rings. The fourth-order valence-corrected chi connectivity index (χ4v) is 2.58. The van der Waals surface area contributed by atoms with Crippen molar-refractivity contribution in [3.63, 3.8) is 0 Å². The molecule has 20 heavy (non-hydrogen) atoms. The molecule has 5 heteroatoms. The lowest BCUT2D eigenvalue weighted by atomic mass is 10.3. The maximum Gasteiger partial charge on any atom is 0.137 e. The van der Waals surface area contributed by atoms with E-state index in [-0.39, 0.29) is 5.82 Å². The summed E-state index contributed by atoms with van der Waals surface area (Å²) in [6.07, 6.45) is 1.72. The number of aromatic nitrogens is 1. The Bertz CT molecular complexity index is 551. The molecule has 2 rings (SSSR count). The summed E-state index contributed by atoms with van der Waals surface area (Å²) in [5.74, 6) is -0.221. The molecule has 1 aromatic heterocycles. The van der Waals surface area contributed by atoms with Gasteiger partial charge in [0.2, 0.25) is 0 Å². The van der Waals surface area contributed by atoms with E-state index in [2.05, 4.69) is 10.3 Å². The zero-order valence-electron chi connectivity index (χ0n) is 11.3. The van der Waals surface area contributed by atoms with Crippen LogP contribution in [0, 0.1) is 5.82 Å². The summed E-state index contributed by atoms with van der Waals surface area (Å²) in [5, 5.41) is 4.09. The molecular weight excluding hydrogens is 275 g/mol. The number of hydrogen-bond acceptors (Lipinski definition) is 4. The maximum absolute atomic E-state index is 13.7. The Labute approximate surface area is 122 Å². The minimum atomic E-state index is -0.221. The zero-order valence-corrected chi connectivity index (χ0v) is 12.1. The molecule has 106 valence electrons. The lowest BCUT2D eigenvalue weighted by Gasteiger charge is -2.09. The van der Waals surface area contributed by atoms with E-state index in [0.717, 1.165) is 17.1 Å². The van der Waals surface area contributed by atoms with Gasteiger partial charge in [0, 0.05) is 31.3 Å². The molecule has 0 saturated carbocycles. The Kier molecular flexibility index (Phi) is 5.98. The van der Waals surface area contributed by atoms with Gasteiger partial charge in [0.1, 0.15) is 10.8 Å². The van der Waals surface area contributed by atoms with Crippen LogP contribution in [0.25, 0.3) is 0 Å². The summed E-state index contributed by atoms with van der Waals surface area (Å²) >= 11 is 1.35. The quantitative estimate of drug-likeness (QED) is 0.795. The predicted octanol–water partition coefficient (Wildman–Crippen LogP) is 3.11. The highest BCUT2D eigenvalue weighted by molar-refractivity contribution is 7.99. The lowest BCUT2D eigenvalue weighted by Crippen LogP contribution is -2.19. The Morgan fingerprint density at radius 3 is 2.90 bits per heavy atom. The normalized spacial score (nSPS) is 10.7. The van der Waals surface area contributed by atoms with E-state index in [1.165, 1.54) is 17.8 Å². The second-order valence-corrected chi connectivity index (χ2v) is 5.20. The van der Waals surface area contributed by atoms with Gasteiger partial charge in [0.05, 0.1) is 6.61 Å². The Hall–Kier alpha value is -1.43. The third-order valence-electron chi connectivity index (χ3n) is 2.69. The highest BCUT2D eigenvalue weighted by Gasteiger charge is 2.08. The van der Waals surface area contributed by atoms with Crippen LogP contribution in [0.2, 0.25) is 0 Å². The van der Waals surface area contributed by atoms with E-state index in [1.54, 1.807) is 25.4 Å². The van der Waals surface area contributed by atoms with E-state index < -0.39 is 0 Å². The van der Waals surface area contributed by atoms with Crippen LogP contribution in [0.3, 0.4) is 0 Å². The van der Waals surface area contributed by atoms with E-state index in [4.69, 9.17) is 4.74 Å². The van der Waals surface area contributed by atoms with E-state index >= 15 is 0 Å². The standard InChI is InChI=1S/C15H17FN2OS/c1-19-10-9-17-11-12-5-4-8-18-15(12)20-14-7-3-2-6-13(14)16/h2-8,17H,9-11H2,1H3. The van der Waals surface area contributed by atoms with E-state index in [1.807, 2.05) is 18.2 Å². The van der Waals surface area contributed by atoms with Crippen molar-refractivity contribution in [1.82, 2.24) is 10.3 Å². The number of nitrogens with zero attached hydrogens (tertiary/aromatic N) is 1. The van der Waals surface area contributed by atoms with E-state index in [0.29, 0.717) is 18.0 Å². The summed E-state index contributed by atoms with van der Waals surface area (Å²) < 4.78 is 18.7. The SMILES string of the molecule is COCCNCc1cccnc1Sc1ccccc1F. The molecule has 0 saturated heterocycles. The van der Waals surface area contributed by atoms with Crippen LogP contribution in [-0.4, -0.2) is 25.2 Å². The molecule has 1 N–H and O–H groups in total. The van der Waals surface area contributed by atoms with Gasteiger partial charge >= 0.3 is 0 Å². The summed E-state index contributed by atoms with van der Waals surface area (Å²) in [5.41, 5.74) is 1.05. The minimum Gasteiger partial charge on any atom is -0.383 e. The van der Waals surface area contributed by atoms with Crippen LogP contribution in [-0.2, 0) is 11.3 Å². The molecule has 0 atom stereocenters. The fourth-order valence-electron chi connectivity index (χ4n) is 1.68. The molecule has 0 aliphatic carbocycles. The number of benzene rings is 1. The first-order valence-corrected chi connectivity index (χ1v) is 7.19. The Morgan fingerprint density at radius 2 is 2.10 bits per heavy atom. The molecule has 0 amide bonds. The third kappa shape index (κ3) is 4.30. The maximum atomic E-state index is 13.7. The molecule has 0 radical (unpaired) electrons. The molecule has 0 bridgehead atoms. The number of methoxy groups -OCH3 is 1. The van der Waals surface area contributed by atoms with Crippen LogP contribution in [0.1, 0.15) is 5.56 Å². The Morgan fingerprint density at radius 1 is 1.25 bits per heavy atom. The monoisotopic (exact) mass is 292 g/mol. The average Bonchev–Trinajstić information content (AvgIpc) is 2.47. The number of pyridine rings is 1. The number of ether oxygens (including phenoxy) is 1. The van der Waals surface area contributed by atoms with Crippen molar-refractivity contribution in [3.8, 4) is 0 Å². The fraction of sp³-hybridized carbons (Fsp3) is 0.267. The van der Waals surface area contributed by atoms with Crippen molar-refractivity contribution in [2.24, 2.45) is 0 Å². The summed E-state index contributed by atoms with van der Waals surface area (Å²) in [6, 6.07) is 10.6. The van der Waals surface area contributed by atoms with Gasteiger partial charge in [-0.2, -0.15) is 0 Å². The van der Waals surface area contributed by atoms with Gasteiger partial charge in [-0.3, -0.25) is 0 Å². The van der Waals surface area contributed by atoms with Crippen molar-refractivity contribution in [3.05, 3.63) is 54.0 Å². The van der Waals surface area contributed by atoms with Gasteiger partial charge in [-0.05, 0) is 23.8 Å². The van der Waals surface area contributed by atoms with Gasteiger partial charge in [-0.15, -0.1) is 0 Å². The molecular formula is C15H17FN2OS. The number of rotatable bonds is 7. The van der Waals surface area contributed by atoms with Crippen LogP contribution in [0.15, 0.2) is 52.5 Å². The third-order valence-corrected chi connectivity index (χ3v) is 3.80. The van der Waals surface area contributed by atoms with Crippen LogP contribution < -0.4 is 5.32 Å². The summed E-state index contributed by atoms with van der Waals surface area (Å²) in [4.78, 5) is 4.93. The molecule has 0 unspecified atom stereocenters. The smallest absolute Gasteiger partial charge is 0.137 e. The molecule has 1 aromatic carbocycles. The number of nitrogens with one attached hydrogen (secondary N) is 1. The van der Waals surface area contributed by atoms with Crippen LogP contribution >= 0.6 is 11.8 Å². The van der Waals surface area contributed by atoms with Gasteiger partial charge in [0.15, 0.2) is 0 Å². The Balaban J connectivity index is 2.06. The molecule has 2 aromatic rings. The first kappa shape index (κ1) is 15.0. The van der Waals surface area contributed by atoms with Crippen molar-refractivity contribution >= 4 is 11.8 Å². The first-order valence-electron chi connectivity index (χ1n) is 6.37. The molecule has 3 nitrogen and oxygen atoms in total. The van der Waals surface area contributed by atoms with Crippen molar-refractivity contribution in [2.45, 2.75) is 16.5 Å². The molecule has 0 aliphatic heterocycles. The predicted molar refractivity (Wildman–Crippen MR) is 78.3 cm³/mol. The molecule has 0 spiro atoms. The van der Waals surface area contributed by atoms with Gasteiger partial charge < -0.3 is 10.1 Å². The van der Waals surface area contributed by atoms with Crippen molar-refractivity contribution in [1.29, 1.82) is 0 Å². The van der Waals surface area contributed by atoms with E-state index in [9.17, 15) is 4.39 Å². The average molecular weight is 292 g/mol. The zero-order chi connectivity index (χ0) is 14.2. The molecule has 1 heterocycles. The van der Waals surface area contributed by atoms with Gasteiger partial charge in [0.25, 0.3) is 0 Å². The van der Waals surface area contributed by atoms with Crippen LogP contribution in [0.4, 0.5) is 4.39 Å². The highest BCUT2D eigenvalue weighted by atomic mass is 32.2. The topological polar surface area (TPSA) is 34.1 Å². The van der Waals surface area contributed by atoms with Crippen LogP contribution in [0.5, 0.6) is 0 Å². The highest BCUT2D eigenvalue weighted by Crippen LogP contribution is 2.30. The lowest BCUT2D eigenvalue weighted by molar-refractivity contribution is 0.199. The second-order valence-electron chi connectivity index (χ2n) is 4.17. The van der Waals surface area contributed by atoms with Crippen molar-refractivity contribution < 1.29 is 9.13 Å².